The van der Waals surface area contributed by atoms with E-state index < -0.39 is 0 Å². The lowest BCUT2D eigenvalue weighted by Gasteiger charge is -2.32. The van der Waals surface area contributed by atoms with Crippen LogP contribution in [-0.4, -0.2) is 30.2 Å². The fourth-order valence-corrected chi connectivity index (χ4v) is 4.90. The molecule has 5 nitrogen and oxygen atoms in total. The zero-order chi connectivity index (χ0) is 22.0. The Morgan fingerprint density at radius 1 is 1.13 bits per heavy atom. The molecule has 0 fully saturated rings. The molecule has 4 rings (SSSR count). The molecule has 0 N–H and O–H groups in total. The van der Waals surface area contributed by atoms with Crippen LogP contribution in [0.5, 0.6) is 6.01 Å². The Labute approximate surface area is 193 Å². The van der Waals surface area contributed by atoms with Gasteiger partial charge in [0.15, 0.2) is 0 Å². The smallest absolute Gasteiger partial charge is 0.316 e. The van der Waals surface area contributed by atoms with Crippen LogP contribution in [0, 0.1) is 5.41 Å². The van der Waals surface area contributed by atoms with Crippen molar-refractivity contribution in [3.8, 4) is 6.01 Å². The van der Waals surface area contributed by atoms with Crippen LogP contribution >= 0.6 is 23.6 Å². The minimum atomic E-state index is 0.135. The van der Waals surface area contributed by atoms with E-state index in [0.717, 1.165) is 45.8 Å². The summed E-state index contributed by atoms with van der Waals surface area (Å²) < 4.78 is 11.2. The maximum Gasteiger partial charge on any atom is 0.316 e. The largest absolute Gasteiger partial charge is 0.467 e. The van der Waals surface area contributed by atoms with Gasteiger partial charge in [-0.05, 0) is 41.4 Å². The first-order valence-electron chi connectivity index (χ1n) is 10.4. The Morgan fingerprint density at radius 2 is 1.90 bits per heavy atom. The number of fused-ring (bicyclic) bond motifs is 2. The molecule has 0 spiro atoms. The SMILES string of the molecule is COc1nc(CSOCC(C)(C)C)c2c(n1)CN(c1cccc3cccc(Cl)c13)CC2. The highest BCUT2D eigenvalue weighted by atomic mass is 35.5. The molecule has 1 aliphatic rings. The van der Waals surface area contributed by atoms with E-state index >= 15 is 0 Å². The fraction of sp³-hybridized carbons (Fsp3) is 0.417. The molecule has 0 aliphatic carbocycles. The third kappa shape index (κ3) is 5.08. The molecule has 2 heterocycles. The molecule has 1 aromatic heterocycles. The van der Waals surface area contributed by atoms with Crippen LogP contribution in [0.25, 0.3) is 10.8 Å². The van der Waals surface area contributed by atoms with Crippen molar-refractivity contribution in [1.82, 2.24) is 9.97 Å². The Hall–Kier alpha value is -2.02. The average Bonchev–Trinajstić information content (AvgIpc) is 2.75. The van der Waals surface area contributed by atoms with Gasteiger partial charge in [0.25, 0.3) is 0 Å². The highest BCUT2D eigenvalue weighted by Crippen LogP contribution is 2.36. The number of benzene rings is 2. The summed E-state index contributed by atoms with van der Waals surface area (Å²) in [5.41, 5.74) is 4.48. The van der Waals surface area contributed by atoms with E-state index in [0.29, 0.717) is 24.9 Å². The summed E-state index contributed by atoms with van der Waals surface area (Å²) in [4.78, 5) is 11.6. The van der Waals surface area contributed by atoms with Crippen molar-refractivity contribution in [3.05, 3.63) is 58.4 Å². The van der Waals surface area contributed by atoms with E-state index in [1.54, 1.807) is 7.11 Å². The van der Waals surface area contributed by atoms with Crippen molar-refractivity contribution in [3.63, 3.8) is 0 Å². The molecule has 1 aliphatic heterocycles. The second-order valence-corrected chi connectivity index (χ2v) is 10.1. The summed E-state index contributed by atoms with van der Waals surface area (Å²) in [6.07, 6.45) is 0.870. The van der Waals surface area contributed by atoms with Crippen LogP contribution in [-0.2, 0) is 22.9 Å². The molecule has 0 atom stereocenters. The van der Waals surface area contributed by atoms with Crippen molar-refractivity contribution in [2.75, 3.05) is 25.2 Å². The minimum absolute atomic E-state index is 0.135. The number of anilines is 1. The Morgan fingerprint density at radius 3 is 2.65 bits per heavy atom. The molecular formula is C24H28ClN3O2S. The van der Waals surface area contributed by atoms with Crippen molar-refractivity contribution >= 4 is 40.1 Å². The minimum Gasteiger partial charge on any atom is -0.467 e. The molecule has 0 amide bonds. The van der Waals surface area contributed by atoms with Crippen molar-refractivity contribution < 1.29 is 8.92 Å². The predicted molar refractivity (Wildman–Crippen MR) is 129 cm³/mol. The second kappa shape index (κ2) is 9.23. The number of hydrogen-bond acceptors (Lipinski definition) is 6. The van der Waals surface area contributed by atoms with Gasteiger partial charge in [0, 0.05) is 23.2 Å². The number of rotatable bonds is 6. The second-order valence-electron chi connectivity index (χ2n) is 8.95. The molecule has 164 valence electrons. The Kier molecular flexibility index (Phi) is 6.60. The first-order valence-corrected chi connectivity index (χ1v) is 11.7. The van der Waals surface area contributed by atoms with Crippen molar-refractivity contribution in [2.24, 2.45) is 5.41 Å². The fourth-order valence-electron chi connectivity index (χ4n) is 3.76. The normalized spacial score (nSPS) is 14.0. The van der Waals surface area contributed by atoms with Crippen LogP contribution < -0.4 is 9.64 Å². The number of ether oxygens (including phenoxy) is 1. The highest BCUT2D eigenvalue weighted by molar-refractivity contribution is 7.93. The van der Waals surface area contributed by atoms with Gasteiger partial charge in [-0.2, -0.15) is 9.97 Å². The zero-order valence-electron chi connectivity index (χ0n) is 18.4. The molecule has 0 bridgehead atoms. The van der Waals surface area contributed by atoms with Crippen LogP contribution in [0.15, 0.2) is 36.4 Å². The Bertz CT molecular complexity index is 1080. The van der Waals surface area contributed by atoms with E-state index in [9.17, 15) is 0 Å². The maximum absolute atomic E-state index is 6.57. The van der Waals surface area contributed by atoms with Crippen LogP contribution in [0.3, 0.4) is 0 Å². The van der Waals surface area contributed by atoms with Gasteiger partial charge in [0.05, 0.1) is 42.4 Å². The van der Waals surface area contributed by atoms with Crippen LogP contribution in [0.2, 0.25) is 5.02 Å². The summed E-state index contributed by atoms with van der Waals surface area (Å²) in [5, 5.41) is 3.00. The highest BCUT2D eigenvalue weighted by Gasteiger charge is 2.24. The van der Waals surface area contributed by atoms with Crippen molar-refractivity contribution in [1.29, 1.82) is 0 Å². The van der Waals surface area contributed by atoms with Gasteiger partial charge >= 0.3 is 6.01 Å². The van der Waals surface area contributed by atoms with Crippen LogP contribution in [0.4, 0.5) is 5.69 Å². The van der Waals surface area contributed by atoms with Gasteiger partial charge in [-0.1, -0.05) is 56.6 Å². The van der Waals surface area contributed by atoms with E-state index in [2.05, 4.69) is 59.9 Å². The number of hydrogen-bond donors (Lipinski definition) is 0. The van der Waals surface area contributed by atoms with Gasteiger partial charge in [-0.25, -0.2) is 0 Å². The lowest BCUT2D eigenvalue weighted by atomic mass is 9.99. The maximum atomic E-state index is 6.57. The number of aromatic nitrogens is 2. The third-order valence-electron chi connectivity index (χ3n) is 5.26. The molecule has 0 radical (unpaired) electrons. The molecular weight excluding hydrogens is 430 g/mol. The van der Waals surface area contributed by atoms with E-state index in [1.165, 1.54) is 17.6 Å². The summed E-state index contributed by atoms with van der Waals surface area (Å²) in [7, 11) is 1.61. The molecule has 7 heteroatoms. The van der Waals surface area contributed by atoms with Gasteiger partial charge in [0.1, 0.15) is 0 Å². The number of nitrogens with zero attached hydrogens (tertiary/aromatic N) is 3. The standard InChI is InChI=1S/C24H28ClN3O2S/c1-24(2,3)15-30-31-14-20-17-11-12-28(13-19(17)26-23(27-20)29-4)21-10-6-8-16-7-5-9-18(25)22(16)21/h5-10H,11-15H2,1-4H3. The summed E-state index contributed by atoms with van der Waals surface area (Å²) in [5.74, 6) is 0.678. The quantitative estimate of drug-likeness (QED) is 0.331. The first-order chi connectivity index (χ1) is 14.9. The van der Waals surface area contributed by atoms with Gasteiger partial charge in [-0.3, -0.25) is 0 Å². The summed E-state index contributed by atoms with van der Waals surface area (Å²) in [6.45, 7) is 8.76. The topological polar surface area (TPSA) is 47.5 Å². The van der Waals surface area contributed by atoms with E-state index in [4.69, 9.17) is 20.5 Å². The lowest BCUT2D eigenvalue weighted by Crippen LogP contribution is -2.32. The average molecular weight is 458 g/mol. The molecule has 31 heavy (non-hydrogen) atoms. The Balaban J connectivity index is 1.60. The molecule has 3 aromatic rings. The number of halogens is 1. The zero-order valence-corrected chi connectivity index (χ0v) is 20.0. The first kappa shape index (κ1) is 22.2. The van der Waals surface area contributed by atoms with Crippen LogP contribution in [0.1, 0.15) is 37.7 Å². The molecule has 0 unspecified atom stereocenters. The van der Waals surface area contributed by atoms with E-state index in [1.807, 2.05) is 12.1 Å². The lowest BCUT2D eigenvalue weighted by molar-refractivity contribution is 0.227. The van der Waals surface area contributed by atoms with Gasteiger partial charge in [-0.15, -0.1) is 0 Å². The predicted octanol–water partition coefficient (Wildman–Crippen LogP) is 6.07. The molecule has 2 aromatic carbocycles. The van der Waals surface area contributed by atoms with E-state index in [-0.39, 0.29) is 5.41 Å². The van der Waals surface area contributed by atoms with Gasteiger partial charge in [0.2, 0.25) is 0 Å². The third-order valence-corrected chi connectivity index (χ3v) is 6.25. The number of methoxy groups -OCH3 is 1. The molecule has 0 saturated heterocycles. The summed E-state index contributed by atoms with van der Waals surface area (Å²) in [6, 6.07) is 12.8. The molecule has 0 saturated carbocycles. The van der Waals surface area contributed by atoms with Gasteiger partial charge < -0.3 is 13.8 Å². The van der Waals surface area contributed by atoms with Crippen molar-refractivity contribution in [2.45, 2.75) is 39.5 Å². The summed E-state index contributed by atoms with van der Waals surface area (Å²) >= 11 is 8.02. The monoisotopic (exact) mass is 457 g/mol.